The van der Waals surface area contributed by atoms with Gasteiger partial charge in [-0.15, -0.1) is 0 Å². The molecule has 0 radical (unpaired) electrons. The zero-order valence-electron chi connectivity index (χ0n) is 9.53. The number of methoxy groups -OCH3 is 1. The maximum atomic E-state index is 12.2. The lowest BCUT2D eigenvalue weighted by Crippen LogP contribution is -2.29. The lowest BCUT2D eigenvalue weighted by Gasteiger charge is -2.05. The van der Waals surface area contributed by atoms with Crippen LogP contribution in [0.4, 0.5) is 13.2 Å². The predicted octanol–water partition coefficient (Wildman–Crippen LogP) is 0.596. The van der Waals surface area contributed by atoms with Crippen molar-refractivity contribution >= 4 is 5.91 Å². The van der Waals surface area contributed by atoms with Gasteiger partial charge in [-0.1, -0.05) is 0 Å². The van der Waals surface area contributed by atoms with Gasteiger partial charge in [-0.25, -0.2) is 5.48 Å². The molecule has 1 aromatic heterocycles. The van der Waals surface area contributed by atoms with Crippen LogP contribution in [0.25, 0.3) is 0 Å². The van der Waals surface area contributed by atoms with E-state index in [2.05, 4.69) is 15.3 Å². The molecule has 0 saturated carbocycles. The van der Waals surface area contributed by atoms with E-state index in [1.807, 2.05) is 0 Å². The number of hydrogen-bond donors (Lipinski definition) is 1. The highest BCUT2D eigenvalue weighted by Crippen LogP contribution is 2.27. The number of carbonyl (C=O) groups excluding carboxylic acids is 1. The van der Waals surface area contributed by atoms with E-state index in [-0.39, 0.29) is 13.2 Å². The number of ether oxygens (including phenoxy) is 1. The Labute approximate surface area is 101 Å². The molecule has 0 bridgehead atoms. The lowest BCUT2D eigenvalue weighted by molar-refractivity contribution is -0.142. The third-order valence-electron chi connectivity index (χ3n) is 1.81. The topological polar surface area (TPSA) is 65.4 Å². The summed E-state index contributed by atoms with van der Waals surface area (Å²) in [6, 6.07) is 0.791. The fraction of sp³-hybridized carbons (Fsp3) is 0.556. The first-order chi connectivity index (χ1) is 8.43. The van der Waals surface area contributed by atoms with Crippen molar-refractivity contribution in [1.29, 1.82) is 0 Å². The Morgan fingerprint density at radius 1 is 1.50 bits per heavy atom. The molecule has 18 heavy (non-hydrogen) atoms. The van der Waals surface area contributed by atoms with Crippen molar-refractivity contribution in [2.75, 3.05) is 20.3 Å². The quantitative estimate of drug-likeness (QED) is 0.605. The van der Waals surface area contributed by atoms with Gasteiger partial charge in [-0.3, -0.25) is 14.3 Å². The molecule has 0 aliphatic carbocycles. The Morgan fingerprint density at radius 3 is 2.78 bits per heavy atom. The molecular formula is C9H12F3N3O3. The van der Waals surface area contributed by atoms with Crippen LogP contribution in [0, 0.1) is 0 Å². The maximum Gasteiger partial charge on any atom is 0.435 e. The SMILES string of the molecule is COCCONC(=O)Cn1ccc(C(F)(F)F)n1. The minimum Gasteiger partial charge on any atom is -0.382 e. The van der Waals surface area contributed by atoms with Crippen LogP contribution in [-0.2, 0) is 27.1 Å². The number of carbonyl (C=O) groups is 1. The van der Waals surface area contributed by atoms with Crippen molar-refractivity contribution in [3.05, 3.63) is 18.0 Å². The summed E-state index contributed by atoms with van der Waals surface area (Å²) in [4.78, 5) is 15.9. The van der Waals surface area contributed by atoms with E-state index in [0.29, 0.717) is 6.61 Å². The summed E-state index contributed by atoms with van der Waals surface area (Å²) >= 11 is 0. The summed E-state index contributed by atoms with van der Waals surface area (Å²) < 4.78 is 42.2. The summed E-state index contributed by atoms with van der Waals surface area (Å²) in [7, 11) is 1.47. The molecule has 1 aromatic rings. The second-order valence-electron chi connectivity index (χ2n) is 3.26. The Balaban J connectivity index is 2.38. The largest absolute Gasteiger partial charge is 0.435 e. The molecule has 102 valence electrons. The number of hydroxylamine groups is 1. The van der Waals surface area contributed by atoms with E-state index in [4.69, 9.17) is 4.84 Å². The molecule has 0 aromatic carbocycles. The number of aromatic nitrogens is 2. The molecule has 6 nitrogen and oxygen atoms in total. The van der Waals surface area contributed by atoms with Gasteiger partial charge in [0.25, 0.3) is 5.91 Å². The van der Waals surface area contributed by atoms with Crippen LogP contribution in [0.3, 0.4) is 0 Å². The van der Waals surface area contributed by atoms with Gasteiger partial charge >= 0.3 is 6.18 Å². The second kappa shape index (κ2) is 6.36. The van der Waals surface area contributed by atoms with E-state index in [9.17, 15) is 18.0 Å². The second-order valence-corrected chi connectivity index (χ2v) is 3.26. The number of alkyl halides is 3. The summed E-state index contributed by atoms with van der Waals surface area (Å²) in [5.41, 5.74) is 1.01. The Morgan fingerprint density at radius 2 is 2.22 bits per heavy atom. The number of nitrogens with zero attached hydrogens (tertiary/aromatic N) is 2. The maximum absolute atomic E-state index is 12.2. The van der Waals surface area contributed by atoms with Crippen molar-refractivity contribution in [3.63, 3.8) is 0 Å². The van der Waals surface area contributed by atoms with E-state index in [0.717, 1.165) is 16.9 Å². The number of rotatable bonds is 6. The number of halogens is 3. The van der Waals surface area contributed by atoms with E-state index in [1.54, 1.807) is 0 Å². The molecule has 0 aliphatic heterocycles. The van der Waals surface area contributed by atoms with Gasteiger partial charge < -0.3 is 4.74 Å². The molecule has 0 saturated heterocycles. The first-order valence-corrected chi connectivity index (χ1v) is 4.93. The summed E-state index contributed by atoms with van der Waals surface area (Å²) in [5, 5.41) is 3.22. The normalized spacial score (nSPS) is 11.6. The van der Waals surface area contributed by atoms with Gasteiger partial charge in [-0.05, 0) is 6.07 Å². The van der Waals surface area contributed by atoms with Gasteiger partial charge in [-0.2, -0.15) is 18.3 Å². The smallest absolute Gasteiger partial charge is 0.382 e. The highest BCUT2D eigenvalue weighted by molar-refractivity contribution is 5.74. The molecule has 0 unspecified atom stereocenters. The molecule has 0 aliphatic rings. The Kier molecular flexibility index (Phi) is 5.10. The third kappa shape index (κ3) is 4.72. The molecule has 1 heterocycles. The van der Waals surface area contributed by atoms with Crippen LogP contribution in [-0.4, -0.2) is 36.0 Å². The third-order valence-corrected chi connectivity index (χ3v) is 1.81. The Hall–Kier alpha value is -1.61. The van der Waals surface area contributed by atoms with Crippen molar-refractivity contribution in [1.82, 2.24) is 15.3 Å². The molecule has 1 N–H and O–H groups in total. The van der Waals surface area contributed by atoms with Gasteiger partial charge in [0, 0.05) is 13.3 Å². The van der Waals surface area contributed by atoms with Crippen molar-refractivity contribution in [3.8, 4) is 0 Å². The summed E-state index contributed by atoms with van der Waals surface area (Å²) in [6.07, 6.45) is -3.45. The molecule has 0 atom stereocenters. The highest BCUT2D eigenvalue weighted by Gasteiger charge is 2.33. The standard InChI is InChI=1S/C9H12F3N3O3/c1-17-4-5-18-14-8(16)6-15-3-2-7(13-15)9(10,11)12/h2-3H,4-6H2,1H3,(H,14,16). The predicted molar refractivity (Wildman–Crippen MR) is 53.2 cm³/mol. The molecule has 1 rings (SSSR count). The fourth-order valence-electron chi connectivity index (χ4n) is 1.04. The van der Waals surface area contributed by atoms with Crippen LogP contribution in [0.1, 0.15) is 5.69 Å². The van der Waals surface area contributed by atoms with Crippen LogP contribution in [0.5, 0.6) is 0 Å². The van der Waals surface area contributed by atoms with E-state index < -0.39 is 17.8 Å². The first kappa shape index (κ1) is 14.5. The first-order valence-electron chi connectivity index (χ1n) is 4.93. The fourth-order valence-corrected chi connectivity index (χ4v) is 1.04. The van der Waals surface area contributed by atoms with Crippen molar-refractivity contribution in [2.45, 2.75) is 12.7 Å². The van der Waals surface area contributed by atoms with Gasteiger partial charge in [0.05, 0.1) is 13.2 Å². The number of hydrogen-bond acceptors (Lipinski definition) is 4. The molecule has 0 spiro atoms. The average molecular weight is 267 g/mol. The molecule has 9 heteroatoms. The van der Waals surface area contributed by atoms with Crippen LogP contribution >= 0.6 is 0 Å². The molecule has 1 amide bonds. The van der Waals surface area contributed by atoms with Gasteiger partial charge in [0.2, 0.25) is 0 Å². The monoisotopic (exact) mass is 267 g/mol. The summed E-state index contributed by atoms with van der Waals surface area (Å²) in [5.74, 6) is -0.608. The van der Waals surface area contributed by atoms with Crippen LogP contribution < -0.4 is 5.48 Å². The van der Waals surface area contributed by atoms with Gasteiger partial charge in [0.15, 0.2) is 5.69 Å². The zero-order valence-corrected chi connectivity index (χ0v) is 9.53. The van der Waals surface area contributed by atoms with E-state index >= 15 is 0 Å². The van der Waals surface area contributed by atoms with Crippen molar-refractivity contribution in [2.24, 2.45) is 0 Å². The van der Waals surface area contributed by atoms with Gasteiger partial charge in [0.1, 0.15) is 6.54 Å². The minimum absolute atomic E-state index is 0.148. The van der Waals surface area contributed by atoms with Crippen LogP contribution in [0.2, 0.25) is 0 Å². The average Bonchev–Trinajstić information content (AvgIpc) is 2.72. The minimum atomic E-state index is -4.52. The molecular weight excluding hydrogens is 255 g/mol. The molecule has 0 fully saturated rings. The van der Waals surface area contributed by atoms with Crippen LogP contribution in [0.15, 0.2) is 12.3 Å². The number of amides is 1. The highest BCUT2D eigenvalue weighted by atomic mass is 19.4. The Bertz CT molecular complexity index is 392. The zero-order chi connectivity index (χ0) is 13.6. The lowest BCUT2D eigenvalue weighted by atomic mass is 10.4. The van der Waals surface area contributed by atoms with E-state index in [1.165, 1.54) is 7.11 Å². The summed E-state index contributed by atoms with van der Waals surface area (Å²) in [6.45, 7) is 0.0818. The van der Waals surface area contributed by atoms with Crippen molar-refractivity contribution < 1.29 is 27.5 Å². The number of nitrogens with one attached hydrogen (secondary N) is 1.